The molecule has 2 aromatic carbocycles. The Labute approximate surface area is 112 Å². The van der Waals surface area contributed by atoms with Gasteiger partial charge in [-0.15, -0.1) is 0 Å². The number of hydrogen-bond acceptors (Lipinski definition) is 2. The van der Waals surface area contributed by atoms with Crippen molar-refractivity contribution in [2.24, 2.45) is 0 Å². The molecule has 0 fully saturated rings. The highest BCUT2D eigenvalue weighted by molar-refractivity contribution is 5.31. The molecule has 0 saturated heterocycles. The summed E-state index contributed by atoms with van der Waals surface area (Å²) in [4.78, 5) is 0. The van der Waals surface area contributed by atoms with Gasteiger partial charge in [0, 0.05) is 5.56 Å². The lowest BCUT2D eigenvalue weighted by Gasteiger charge is -2.10. The van der Waals surface area contributed by atoms with Gasteiger partial charge in [-0.3, -0.25) is 0 Å². The zero-order chi connectivity index (χ0) is 14.7. The van der Waals surface area contributed by atoms with Crippen LogP contribution in [0.1, 0.15) is 11.1 Å². The van der Waals surface area contributed by atoms with E-state index < -0.39 is 42.2 Å². The highest BCUT2D eigenvalue weighted by Gasteiger charge is 2.14. The first-order chi connectivity index (χ1) is 9.51. The predicted molar refractivity (Wildman–Crippen MR) is 63.0 cm³/mol. The molecule has 0 radical (unpaired) electrons. The fraction of sp³-hybridized carbons (Fsp3) is 0.143. The van der Waals surface area contributed by atoms with Gasteiger partial charge < -0.3 is 9.84 Å². The van der Waals surface area contributed by atoms with Crippen molar-refractivity contribution < 1.29 is 27.4 Å². The molecule has 0 aliphatic rings. The van der Waals surface area contributed by atoms with Crippen LogP contribution >= 0.6 is 0 Å². The molecule has 0 aromatic heterocycles. The number of rotatable bonds is 4. The van der Waals surface area contributed by atoms with E-state index in [2.05, 4.69) is 0 Å². The Morgan fingerprint density at radius 2 is 1.55 bits per heavy atom. The van der Waals surface area contributed by atoms with Crippen LogP contribution in [-0.4, -0.2) is 5.11 Å². The van der Waals surface area contributed by atoms with E-state index in [9.17, 15) is 17.6 Å². The van der Waals surface area contributed by atoms with Crippen molar-refractivity contribution >= 4 is 0 Å². The minimum atomic E-state index is -1.02. The van der Waals surface area contributed by atoms with Crippen LogP contribution in [0.25, 0.3) is 0 Å². The summed E-state index contributed by atoms with van der Waals surface area (Å²) in [5, 5.41) is 8.79. The molecule has 0 atom stereocenters. The second kappa shape index (κ2) is 5.92. The molecule has 0 bridgehead atoms. The third-order valence-corrected chi connectivity index (χ3v) is 2.62. The molecule has 0 heterocycles. The summed E-state index contributed by atoms with van der Waals surface area (Å²) < 4.78 is 58.2. The Morgan fingerprint density at radius 3 is 2.15 bits per heavy atom. The maximum absolute atomic E-state index is 13.5. The molecular weight excluding hydrogens is 276 g/mol. The fourth-order valence-corrected chi connectivity index (χ4v) is 1.65. The van der Waals surface area contributed by atoms with Crippen molar-refractivity contribution in [3.05, 3.63) is 64.7 Å². The van der Waals surface area contributed by atoms with Crippen LogP contribution < -0.4 is 4.74 Å². The van der Waals surface area contributed by atoms with E-state index in [-0.39, 0.29) is 11.1 Å². The molecule has 0 unspecified atom stereocenters. The Morgan fingerprint density at radius 1 is 0.900 bits per heavy atom. The smallest absolute Gasteiger partial charge is 0.191 e. The van der Waals surface area contributed by atoms with Crippen molar-refractivity contribution in [3.8, 4) is 5.75 Å². The highest BCUT2D eigenvalue weighted by Crippen LogP contribution is 2.25. The second-order valence-electron chi connectivity index (χ2n) is 4.07. The Bertz CT molecular complexity index is 606. The number of hydrogen-bond donors (Lipinski definition) is 1. The molecule has 2 aromatic rings. The lowest BCUT2D eigenvalue weighted by molar-refractivity contribution is 0.262. The Kier molecular flexibility index (Phi) is 4.24. The molecule has 6 heteroatoms. The van der Waals surface area contributed by atoms with Crippen LogP contribution in [-0.2, 0) is 13.2 Å². The zero-order valence-electron chi connectivity index (χ0n) is 10.2. The first-order valence-electron chi connectivity index (χ1n) is 5.66. The van der Waals surface area contributed by atoms with Crippen molar-refractivity contribution in [1.82, 2.24) is 0 Å². The van der Waals surface area contributed by atoms with Crippen LogP contribution in [0, 0.1) is 23.3 Å². The van der Waals surface area contributed by atoms with E-state index in [4.69, 9.17) is 9.84 Å². The number of benzene rings is 2. The standard InChI is InChI=1S/C14H10F4O2/c15-10-1-2-11(16)9(5-10)7-20-14-12(17)3-8(6-19)4-13(14)18/h1-5,19H,6-7H2. The summed E-state index contributed by atoms with van der Waals surface area (Å²) in [5.41, 5.74) is -0.112. The van der Waals surface area contributed by atoms with Gasteiger partial charge >= 0.3 is 0 Å². The lowest BCUT2D eigenvalue weighted by atomic mass is 10.2. The van der Waals surface area contributed by atoms with Crippen LogP contribution in [0.5, 0.6) is 5.75 Å². The zero-order valence-corrected chi connectivity index (χ0v) is 10.2. The maximum Gasteiger partial charge on any atom is 0.191 e. The quantitative estimate of drug-likeness (QED) is 0.874. The van der Waals surface area contributed by atoms with Crippen LogP contribution in [0.15, 0.2) is 30.3 Å². The van der Waals surface area contributed by atoms with Crippen LogP contribution in [0.4, 0.5) is 17.6 Å². The first kappa shape index (κ1) is 14.3. The van der Waals surface area contributed by atoms with E-state index in [1.54, 1.807) is 0 Å². The Hall–Kier alpha value is -2.08. The summed E-state index contributed by atoms with van der Waals surface area (Å²) in [7, 11) is 0. The van der Waals surface area contributed by atoms with E-state index in [0.29, 0.717) is 0 Å². The number of ether oxygens (including phenoxy) is 1. The molecule has 1 N–H and O–H groups in total. The van der Waals surface area contributed by atoms with E-state index in [0.717, 1.165) is 30.3 Å². The van der Waals surface area contributed by atoms with Gasteiger partial charge in [0.1, 0.15) is 18.2 Å². The third-order valence-electron chi connectivity index (χ3n) is 2.62. The molecule has 20 heavy (non-hydrogen) atoms. The van der Waals surface area contributed by atoms with Gasteiger partial charge in [0.15, 0.2) is 17.4 Å². The summed E-state index contributed by atoms with van der Waals surface area (Å²) in [6, 6.07) is 4.51. The van der Waals surface area contributed by atoms with E-state index in [1.807, 2.05) is 0 Å². The van der Waals surface area contributed by atoms with E-state index >= 15 is 0 Å². The van der Waals surface area contributed by atoms with E-state index in [1.165, 1.54) is 0 Å². The summed E-state index contributed by atoms with van der Waals surface area (Å²) in [6.45, 7) is -1.04. The maximum atomic E-state index is 13.5. The molecule has 2 nitrogen and oxygen atoms in total. The summed E-state index contributed by atoms with van der Waals surface area (Å²) in [6.07, 6.45) is 0. The largest absolute Gasteiger partial charge is 0.483 e. The number of halogens is 4. The van der Waals surface area contributed by atoms with Gasteiger partial charge in [0.2, 0.25) is 0 Å². The third kappa shape index (κ3) is 3.08. The van der Waals surface area contributed by atoms with Gasteiger partial charge in [0.25, 0.3) is 0 Å². The topological polar surface area (TPSA) is 29.5 Å². The molecule has 0 saturated carbocycles. The normalized spacial score (nSPS) is 10.7. The molecule has 0 aliphatic heterocycles. The summed E-state index contributed by atoms with van der Waals surface area (Å²) in [5.74, 6) is -4.16. The predicted octanol–water partition coefficient (Wildman–Crippen LogP) is 3.31. The molecule has 106 valence electrons. The number of aliphatic hydroxyl groups is 1. The molecule has 2 rings (SSSR count). The minimum absolute atomic E-state index is 0.0456. The van der Waals surface area contributed by atoms with Gasteiger partial charge in [-0.25, -0.2) is 17.6 Å². The van der Waals surface area contributed by atoms with Crippen molar-refractivity contribution in [1.29, 1.82) is 0 Å². The minimum Gasteiger partial charge on any atom is -0.483 e. The van der Waals surface area contributed by atoms with Crippen LogP contribution in [0.2, 0.25) is 0 Å². The Balaban J connectivity index is 2.21. The van der Waals surface area contributed by atoms with Crippen molar-refractivity contribution in [2.75, 3.05) is 0 Å². The van der Waals surface area contributed by atoms with Gasteiger partial charge in [-0.05, 0) is 35.9 Å². The second-order valence-corrected chi connectivity index (χ2v) is 4.07. The fourth-order valence-electron chi connectivity index (χ4n) is 1.65. The molecule has 0 spiro atoms. The molecule has 0 aliphatic carbocycles. The average molecular weight is 286 g/mol. The summed E-state index contributed by atoms with van der Waals surface area (Å²) >= 11 is 0. The molecular formula is C14H10F4O2. The van der Waals surface area contributed by atoms with Crippen molar-refractivity contribution in [3.63, 3.8) is 0 Å². The average Bonchev–Trinajstić information content (AvgIpc) is 2.41. The van der Waals surface area contributed by atoms with Gasteiger partial charge in [-0.1, -0.05) is 0 Å². The van der Waals surface area contributed by atoms with Crippen LogP contribution in [0.3, 0.4) is 0 Å². The van der Waals surface area contributed by atoms with Gasteiger partial charge in [-0.2, -0.15) is 0 Å². The highest BCUT2D eigenvalue weighted by atomic mass is 19.1. The lowest BCUT2D eigenvalue weighted by Crippen LogP contribution is -2.03. The molecule has 0 amide bonds. The monoisotopic (exact) mass is 286 g/mol. The van der Waals surface area contributed by atoms with Crippen molar-refractivity contribution in [2.45, 2.75) is 13.2 Å². The first-order valence-corrected chi connectivity index (χ1v) is 5.66. The number of aliphatic hydroxyl groups excluding tert-OH is 1. The SMILES string of the molecule is OCc1cc(F)c(OCc2cc(F)ccc2F)c(F)c1. The van der Waals surface area contributed by atoms with Gasteiger partial charge in [0.05, 0.1) is 6.61 Å².